The molecule has 1 N–H and O–H groups in total. The van der Waals surface area contributed by atoms with Gasteiger partial charge in [-0.25, -0.2) is 0 Å². The van der Waals surface area contributed by atoms with Crippen molar-refractivity contribution in [3.63, 3.8) is 0 Å². The van der Waals surface area contributed by atoms with Gasteiger partial charge in [0.15, 0.2) is 0 Å². The molecule has 5 nitrogen and oxygen atoms in total. The van der Waals surface area contributed by atoms with E-state index in [-0.39, 0.29) is 18.5 Å². The fraction of sp³-hybridized carbons (Fsp3) is 0.467. The molecule has 0 aliphatic carbocycles. The van der Waals surface area contributed by atoms with Crippen molar-refractivity contribution in [3.8, 4) is 11.8 Å². The molecule has 108 valence electrons. The molecule has 0 atom stereocenters. The summed E-state index contributed by atoms with van der Waals surface area (Å²) in [5, 5.41) is 11.5. The molecule has 0 aliphatic rings. The van der Waals surface area contributed by atoms with Gasteiger partial charge in [-0.05, 0) is 26.0 Å². The Labute approximate surface area is 120 Å². The molecule has 0 heterocycles. The maximum atomic E-state index is 12.1. The highest BCUT2D eigenvalue weighted by atomic mass is 16.5. The van der Waals surface area contributed by atoms with Crippen LogP contribution in [0.2, 0.25) is 0 Å². The molecule has 20 heavy (non-hydrogen) atoms. The van der Waals surface area contributed by atoms with Crippen LogP contribution in [-0.2, 0) is 4.79 Å². The second kappa shape index (κ2) is 8.18. The summed E-state index contributed by atoms with van der Waals surface area (Å²) in [6.45, 7) is 4.87. The molecule has 0 unspecified atom stereocenters. The van der Waals surface area contributed by atoms with Gasteiger partial charge in [0.05, 0.1) is 25.4 Å². The average molecular weight is 275 g/mol. The van der Waals surface area contributed by atoms with Crippen LogP contribution in [0.25, 0.3) is 0 Å². The third kappa shape index (κ3) is 4.90. The summed E-state index contributed by atoms with van der Waals surface area (Å²) in [7, 11) is 1.57. The van der Waals surface area contributed by atoms with Crippen molar-refractivity contribution in [2.75, 3.05) is 25.5 Å². The number of para-hydroxylation sites is 2. The van der Waals surface area contributed by atoms with Gasteiger partial charge in [0.2, 0.25) is 5.91 Å². The van der Waals surface area contributed by atoms with Crippen molar-refractivity contribution in [1.82, 2.24) is 4.90 Å². The van der Waals surface area contributed by atoms with Crippen molar-refractivity contribution in [1.29, 1.82) is 5.26 Å². The van der Waals surface area contributed by atoms with Crippen molar-refractivity contribution < 1.29 is 9.53 Å². The normalized spacial score (nSPS) is 10.4. The maximum Gasteiger partial charge on any atom is 0.238 e. The first-order valence-corrected chi connectivity index (χ1v) is 6.62. The highest BCUT2D eigenvalue weighted by Gasteiger charge is 2.14. The molecule has 0 fully saturated rings. The van der Waals surface area contributed by atoms with Gasteiger partial charge in [-0.15, -0.1) is 0 Å². The summed E-state index contributed by atoms with van der Waals surface area (Å²) in [5.41, 5.74) is 0.656. The smallest absolute Gasteiger partial charge is 0.238 e. The zero-order chi connectivity index (χ0) is 15.0. The fourth-order valence-electron chi connectivity index (χ4n) is 1.84. The first-order chi connectivity index (χ1) is 9.58. The van der Waals surface area contributed by atoms with Crippen LogP contribution in [-0.4, -0.2) is 37.0 Å². The summed E-state index contributed by atoms with van der Waals surface area (Å²) in [4.78, 5) is 14.0. The Morgan fingerprint density at radius 2 is 2.15 bits per heavy atom. The van der Waals surface area contributed by atoms with Gasteiger partial charge < -0.3 is 10.1 Å². The number of benzene rings is 1. The number of rotatable bonds is 7. The number of ether oxygens (including phenoxy) is 1. The van der Waals surface area contributed by atoms with E-state index in [1.54, 1.807) is 19.2 Å². The van der Waals surface area contributed by atoms with E-state index in [1.807, 2.05) is 30.9 Å². The number of hydrogen-bond donors (Lipinski definition) is 1. The summed E-state index contributed by atoms with van der Waals surface area (Å²) in [5.74, 6) is 0.523. The van der Waals surface area contributed by atoms with Crippen molar-refractivity contribution in [3.05, 3.63) is 24.3 Å². The van der Waals surface area contributed by atoms with E-state index in [0.717, 1.165) is 0 Å². The summed E-state index contributed by atoms with van der Waals surface area (Å²) >= 11 is 0. The minimum Gasteiger partial charge on any atom is -0.495 e. The van der Waals surface area contributed by atoms with Gasteiger partial charge in [-0.3, -0.25) is 9.69 Å². The third-order valence-corrected chi connectivity index (χ3v) is 2.97. The topological polar surface area (TPSA) is 65.4 Å². The predicted molar refractivity (Wildman–Crippen MR) is 78.6 cm³/mol. The lowest BCUT2D eigenvalue weighted by atomic mass is 10.2. The molecule has 0 bridgehead atoms. The van der Waals surface area contributed by atoms with Gasteiger partial charge in [-0.2, -0.15) is 5.26 Å². The van der Waals surface area contributed by atoms with E-state index in [4.69, 9.17) is 10.00 Å². The lowest BCUT2D eigenvalue weighted by molar-refractivity contribution is -0.117. The van der Waals surface area contributed by atoms with Crippen molar-refractivity contribution in [2.45, 2.75) is 26.3 Å². The number of anilines is 1. The zero-order valence-corrected chi connectivity index (χ0v) is 12.2. The minimum absolute atomic E-state index is 0.110. The SMILES string of the molecule is COc1ccccc1NC(=O)CN(CCC#N)C(C)C. The molecule has 0 saturated heterocycles. The zero-order valence-electron chi connectivity index (χ0n) is 12.2. The molecule has 0 radical (unpaired) electrons. The Kier molecular flexibility index (Phi) is 6.54. The van der Waals surface area contributed by atoms with E-state index < -0.39 is 0 Å². The number of carbonyl (C=O) groups excluding carboxylic acids is 1. The van der Waals surface area contributed by atoms with Crippen LogP contribution < -0.4 is 10.1 Å². The quantitative estimate of drug-likeness (QED) is 0.829. The van der Waals surface area contributed by atoms with Crippen molar-refractivity contribution >= 4 is 11.6 Å². The largest absolute Gasteiger partial charge is 0.495 e. The predicted octanol–water partition coefficient (Wildman–Crippen LogP) is 2.26. The van der Waals surface area contributed by atoms with Crippen LogP contribution in [0.3, 0.4) is 0 Å². The third-order valence-electron chi connectivity index (χ3n) is 2.97. The Balaban J connectivity index is 2.63. The van der Waals surface area contributed by atoms with Crippen LogP contribution in [0.4, 0.5) is 5.69 Å². The van der Waals surface area contributed by atoms with Gasteiger partial charge >= 0.3 is 0 Å². The first-order valence-electron chi connectivity index (χ1n) is 6.62. The number of nitrogens with one attached hydrogen (secondary N) is 1. The molecule has 0 aliphatic heterocycles. The Hall–Kier alpha value is -2.06. The van der Waals surface area contributed by atoms with E-state index in [2.05, 4.69) is 11.4 Å². The number of hydrogen-bond acceptors (Lipinski definition) is 4. The molecule has 0 saturated carbocycles. The Morgan fingerprint density at radius 3 is 2.75 bits per heavy atom. The van der Waals surface area contributed by atoms with Crippen LogP contribution in [0.15, 0.2) is 24.3 Å². The van der Waals surface area contributed by atoms with Gasteiger partial charge in [0.1, 0.15) is 5.75 Å². The molecule has 1 aromatic rings. The Morgan fingerprint density at radius 1 is 1.45 bits per heavy atom. The number of methoxy groups -OCH3 is 1. The molecule has 1 rings (SSSR count). The molecular weight excluding hydrogens is 254 g/mol. The summed E-state index contributed by atoms with van der Waals surface area (Å²) < 4.78 is 5.19. The number of carbonyl (C=O) groups is 1. The van der Waals surface area contributed by atoms with Gasteiger partial charge in [-0.1, -0.05) is 12.1 Å². The second-order valence-corrected chi connectivity index (χ2v) is 4.72. The number of nitrogens with zero attached hydrogens (tertiary/aromatic N) is 2. The van der Waals surface area contributed by atoms with Gasteiger partial charge in [0.25, 0.3) is 0 Å². The van der Waals surface area contributed by atoms with Crippen molar-refractivity contribution in [2.24, 2.45) is 0 Å². The van der Waals surface area contributed by atoms with E-state index in [0.29, 0.717) is 24.4 Å². The fourth-order valence-corrected chi connectivity index (χ4v) is 1.84. The standard InChI is InChI=1S/C15H21N3O2/c1-12(2)18(10-6-9-16)11-15(19)17-13-7-4-5-8-14(13)20-3/h4-5,7-8,12H,6,10-11H2,1-3H3,(H,17,19). The van der Waals surface area contributed by atoms with E-state index in [1.165, 1.54) is 0 Å². The molecule has 0 spiro atoms. The second-order valence-electron chi connectivity index (χ2n) is 4.72. The minimum atomic E-state index is -0.110. The van der Waals surface area contributed by atoms with E-state index in [9.17, 15) is 4.79 Å². The maximum absolute atomic E-state index is 12.1. The summed E-state index contributed by atoms with van der Waals surface area (Å²) in [6.07, 6.45) is 0.417. The lowest BCUT2D eigenvalue weighted by Crippen LogP contribution is -2.38. The van der Waals surface area contributed by atoms with Crippen LogP contribution >= 0.6 is 0 Å². The molecule has 1 amide bonds. The summed E-state index contributed by atoms with van der Waals surface area (Å²) in [6, 6.07) is 9.60. The molecule has 5 heteroatoms. The molecule has 0 aromatic heterocycles. The lowest BCUT2D eigenvalue weighted by Gasteiger charge is -2.24. The first kappa shape index (κ1) is 16.0. The van der Waals surface area contributed by atoms with E-state index >= 15 is 0 Å². The highest BCUT2D eigenvalue weighted by molar-refractivity contribution is 5.93. The van der Waals surface area contributed by atoms with Crippen LogP contribution in [0.1, 0.15) is 20.3 Å². The van der Waals surface area contributed by atoms with Gasteiger partial charge in [0, 0.05) is 19.0 Å². The number of nitriles is 1. The van der Waals surface area contributed by atoms with Crippen LogP contribution in [0, 0.1) is 11.3 Å². The Bertz CT molecular complexity index is 480. The van der Waals surface area contributed by atoms with Crippen LogP contribution in [0.5, 0.6) is 5.75 Å². The monoisotopic (exact) mass is 275 g/mol. The molecular formula is C15H21N3O2. The molecule has 1 aromatic carbocycles. The highest BCUT2D eigenvalue weighted by Crippen LogP contribution is 2.22. The number of amides is 1. The average Bonchev–Trinajstić information content (AvgIpc) is 2.43.